The van der Waals surface area contributed by atoms with Crippen LogP contribution in [0.4, 0.5) is 5.69 Å². The number of halogens is 2. The molecule has 0 unspecified atom stereocenters. The van der Waals surface area contributed by atoms with Gasteiger partial charge < -0.3 is 9.64 Å². The van der Waals surface area contributed by atoms with Gasteiger partial charge >= 0.3 is 0 Å². The number of anilines is 1. The van der Waals surface area contributed by atoms with Crippen molar-refractivity contribution in [1.29, 1.82) is 0 Å². The molecule has 0 saturated carbocycles. The van der Waals surface area contributed by atoms with Crippen LogP contribution in [0.1, 0.15) is 12.8 Å². The highest BCUT2D eigenvalue weighted by molar-refractivity contribution is 6.43. The molecule has 0 atom stereocenters. The summed E-state index contributed by atoms with van der Waals surface area (Å²) < 4.78 is 4.83. The number of nitrogens with zero attached hydrogens (tertiary/aromatic N) is 2. The molecular weight excluding hydrogens is 295 g/mol. The second-order valence-electron chi connectivity index (χ2n) is 5.02. The molecule has 1 aliphatic rings. The van der Waals surface area contributed by atoms with E-state index in [-0.39, 0.29) is 0 Å². The summed E-state index contributed by atoms with van der Waals surface area (Å²) in [4.78, 5) is 4.79. The fraction of sp³-hybridized carbons (Fsp3) is 0.533. The number of unbranched alkanes of at least 4 members (excludes halogenated alkanes) is 1. The summed E-state index contributed by atoms with van der Waals surface area (Å²) in [7, 11) is 3.39. The molecule has 1 aromatic rings. The highest BCUT2D eigenvalue weighted by Gasteiger charge is 2.19. The Labute approximate surface area is 131 Å². The Bertz CT molecular complexity index is 420. The predicted molar refractivity (Wildman–Crippen MR) is 85.7 cm³/mol. The zero-order valence-corrected chi connectivity index (χ0v) is 13.2. The van der Waals surface area contributed by atoms with Crippen molar-refractivity contribution >= 4 is 28.9 Å². The smallest absolute Gasteiger partial charge is 0.0825 e. The summed E-state index contributed by atoms with van der Waals surface area (Å²) >= 11 is 12.3. The van der Waals surface area contributed by atoms with Gasteiger partial charge in [-0.1, -0.05) is 29.3 Å². The van der Waals surface area contributed by atoms with Crippen LogP contribution in [0.25, 0.3) is 0 Å². The van der Waals surface area contributed by atoms with E-state index in [2.05, 4.69) is 16.9 Å². The molecule has 1 aromatic carbocycles. The molecule has 2 rings (SSSR count). The van der Waals surface area contributed by atoms with Crippen molar-refractivity contribution in [2.45, 2.75) is 12.8 Å². The summed E-state index contributed by atoms with van der Waals surface area (Å²) in [5.74, 6) is 0. The summed E-state index contributed by atoms with van der Waals surface area (Å²) in [6.07, 6.45) is 2.23. The van der Waals surface area contributed by atoms with E-state index in [9.17, 15) is 0 Å². The van der Waals surface area contributed by atoms with Gasteiger partial charge in [-0.3, -0.25) is 4.90 Å². The van der Waals surface area contributed by atoms with E-state index in [1.54, 1.807) is 0 Å². The molecule has 0 amide bonds. The Kier molecular flexibility index (Phi) is 6.43. The first kappa shape index (κ1) is 15.9. The molecule has 1 fully saturated rings. The highest BCUT2D eigenvalue weighted by atomic mass is 35.5. The van der Waals surface area contributed by atoms with E-state index < -0.39 is 0 Å². The number of hydrogen-bond acceptors (Lipinski definition) is 3. The second-order valence-corrected chi connectivity index (χ2v) is 5.80. The molecule has 0 aromatic heterocycles. The van der Waals surface area contributed by atoms with Gasteiger partial charge in [-0.15, -0.1) is 0 Å². The maximum Gasteiger partial charge on any atom is 0.0825 e. The summed E-state index contributed by atoms with van der Waals surface area (Å²) in [5.41, 5.74) is 1.05. The van der Waals surface area contributed by atoms with Gasteiger partial charge in [0.15, 0.2) is 0 Å². The van der Waals surface area contributed by atoms with E-state index in [4.69, 9.17) is 27.9 Å². The van der Waals surface area contributed by atoms with Crippen LogP contribution in [0, 0.1) is 7.11 Å². The number of ether oxygens (including phenoxy) is 1. The first-order valence-corrected chi connectivity index (χ1v) is 7.76. The summed E-state index contributed by atoms with van der Waals surface area (Å²) in [6, 6.07) is 5.82. The van der Waals surface area contributed by atoms with E-state index in [1.807, 2.05) is 18.2 Å². The first-order chi connectivity index (χ1) is 9.72. The zero-order valence-electron chi connectivity index (χ0n) is 11.7. The third-order valence-electron chi connectivity index (χ3n) is 3.66. The normalized spacial score (nSPS) is 16.6. The second kappa shape index (κ2) is 8.08. The van der Waals surface area contributed by atoms with Crippen molar-refractivity contribution in [2.75, 3.05) is 44.2 Å². The molecule has 0 N–H and O–H groups in total. The SMILES string of the molecule is [CH2]OCCCCN1CCN(c2cccc(Cl)c2Cl)CC1. The van der Waals surface area contributed by atoms with Gasteiger partial charge in [-0.2, -0.15) is 0 Å². The molecule has 111 valence electrons. The molecular formula is C15H21Cl2N2O. The Morgan fingerprint density at radius 2 is 1.85 bits per heavy atom. The van der Waals surface area contributed by atoms with Gasteiger partial charge in [0, 0.05) is 32.8 Å². The van der Waals surface area contributed by atoms with E-state index in [1.165, 1.54) is 0 Å². The Balaban J connectivity index is 1.80. The number of hydrogen-bond donors (Lipinski definition) is 0. The van der Waals surface area contributed by atoms with Gasteiger partial charge in [0.1, 0.15) is 0 Å². The molecule has 5 heteroatoms. The molecule has 1 heterocycles. The van der Waals surface area contributed by atoms with E-state index in [0.29, 0.717) is 10.0 Å². The third-order valence-corrected chi connectivity index (χ3v) is 4.47. The molecule has 0 spiro atoms. The van der Waals surface area contributed by atoms with Crippen LogP contribution >= 0.6 is 23.2 Å². The van der Waals surface area contributed by atoms with Gasteiger partial charge in [0.25, 0.3) is 0 Å². The van der Waals surface area contributed by atoms with Gasteiger partial charge in [-0.05, 0) is 31.5 Å². The zero-order chi connectivity index (χ0) is 14.4. The molecule has 0 bridgehead atoms. The van der Waals surface area contributed by atoms with Crippen LogP contribution in [-0.4, -0.2) is 44.2 Å². The molecule has 1 saturated heterocycles. The lowest BCUT2D eigenvalue weighted by atomic mass is 10.2. The fourth-order valence-electron chi connectivity index (χ4n) is 2.49. The van der Waals surface area contributed by atoms with Crippen LogP contribution in [0.5, 0.6) is 0 Å². The van der Waals surface area contributed by atoms with Crippen LogP contribution in [0.3, 0.4) is 0 Å². The van der Waals surface area contributed by atoms with Crippen LogP contribution in [0.2, 0.25) is 10.0 Å². The Hall–Kier alpha value is -0.480. The topological polar surface area (TPSA) is 15.7 Å². The minimum atomic E-state index is 0.625. The number of piperazine rings is 1. The van der Waals surface area contributed by atoms with E-state index >= 15 is 0 Å². The van der Waals surface area contributed by atoms with Crippen molar-refractivity contribution in [3.63, 3.8) is 0 Å². The van der Waals surface area contributed by atoms with Crippen molar-refractivity contribution < 1.29 is 4.74 Å². The monoisotopic (exact) mass is 315 g/mol. The van der Waals surface area contributed by atoms with Crippen LogP contribution in [-0.2, 0) is 4.74 Å². The summed E-state index contributed by atoms with van der Waals surface area (Å²) in [6.45, 7) is 5.98. The van der Waals surface area contributed by atoms with Crippen molar-refractivity contribution in [3.05, 3.63) is 35.4 Å². The van der Waals surface area contributed by atoms with Crippen molar-refractivity contribution in [3.8, 4) is 0 Å². The summed E-state index contributed by atoms with van der Waals surface area (Å²) in [5, 5.41) is 1.29. The molecule has 1 aliphatic heterocycles. The Morgan fingerprint density at radius 3 is 2.55 bits per heavy atom. The molecule has 20 heavy (non-hydrogen) atoms. The van der Waals surface area contributed by atoms with Gasteiger partial charge in [-0.25, -0.2) is 0 Å². The van der Waals surface area contributed by atoms with Gasteiger partial charge in [0.2, 0.25) is 0 Å². The average Bonchev–Trinajstić information content (AvgIpc) is 2.47. The van der Waals surface area contributed by atoms with Crippen molar-refractivity contribution in [1.82, 2.24) is 4.90 Å². The lowest BCUT2D eigenvalue weighted by Crippen LogP contribution is -2.46. The van der Waals surface area contributed by atoms with Crippen LogP contribution in [0.15, 0.2) is 18.2 Å². The Morgan fingerprint density at radius 1 is 1.10 bits per heavy atom. The predicted octanol–water partition coefficient (Wildman–Crippen LogP) is 3.70. The van der Waals surface area contributed by atoms with Crippen molar-refractivity contribution in [2.24, 2.45) is 0 Å². The standard InChI is InChI=1S/C15H21Cl2N2O/c1-20-12-3-2-7-18-8-10-19(11-9-18)14-6-4-5-13(16)15(14)17/h4-6H,1-3,7-12H2. The molecule has 3 nitrogen and oxygen atoms in total. The molecule has 0 aliphatic carbocycles. The quantitative estimate of drug-likeness (QED) is 0.744. The average molecular weight is 316 g/mol. The van der Waals surface area contributed by atoms with E-state index in [0.717, 1.165) is 57.9 Å². The highest BCUT2D eigenvalue weighted by Crippen LogP contribution is 2.32. The first-order valence-electron chi connectivity index (χ1n) is 7.00. The lowest BCUT2D eigenvalue weighted by Gasteiger charge is -2.36. The minimum absolute atomic E-state index is 0.625. The minimum Gasteiger partial charge on any atom is -0.379 e. The maximum atomic E-state index is 6.27. The molecule has 1 radical (unpaired) electrons. The largest absolute Gasteiger partial charge is 0.379 e. The van der Waals surface area contributed by atoms with Gasteiger partial charge in [0.05, 0.1) is 22.8 Å². The maximum absolute atomic E-state index is 6.27. The van der Waals surface area contributed by atoms with Crippen LogP contribution < -0.4 is 4.90 Å². The fourth-order valence-corrected chi connectivity index (χ4v) is 2.90. The lowest BCUT2D eigenvalue weighted by molar-refractivity contribution is 0.212. The number of rotatable bonds is 6. The third kappa shape index (κ3) is 4.26. The number of benzene rings is 1.